The number of nitrogens with zero attached hydrogens (tertiary/aromatic N) is 1. The highest BCUT2D eigenvalue weighted by Gasteiger charge is 2.43. The maximum atomic E-state index is 12.6. The van der Waals surface area contributed by atoms with Crippen molar-refractivity contribution in [1.82, 2.24) is 15.5 Å². The van der Waals surface area contributed by atoms with Gasteiger partial charge < -0.3 is 15.0 Å². The Morgan fingerprint density at radius 2 is 2.00 bits per heavy atom. The Balaban J connectivity index is 1.34. The van der Waals surface area contributed by atoms with Gasteiger partial charge in [0.15, 0.2) is 5.78 Å². The second-order valence-corrected chi connectivity index (χ2v) is 7.82. The molecule has 28 heavy (non-hydrogen) atoms. The molecule has 0 bridgehead atoms. The largest absolute Gasteiger partial charge is 0.486 e. The molecule has 0 radical (unpaired) electrons. The predicted octanol–water partition coefficient (Wildman–Crippen LogP) is 1.31. The Bertz CT molecular complexity index is 857. The zero-order valence-electron chi connectivity index (χ0n) is 15.7. The van der Waals surface area contributed by atoms with E-state index in [1.165, 1.54) is 0 Å². The number of amides is 4. The van der Waals surface area contributed by atoms with E-state index in [0.29, 0.717) is 43.7 Å². The van der Waals surface area contributed by atoms with Crippen LogP contribution in [0.1, 0.15) is 48.0 Å². The molecule has 2 N–H and O–H groups in total. The van der Waals surface area contributed by atoms with E-state index in [2.05, 4.69) is 10.6 Å². The first-order chi connectivity index (χ1) is 13.3. The van der Waals surface area contributed by atoms with Crippen LogP contribution in [0, 0.1) is 6.92 Å². The third-order valence-electron chi connectivity index (χ3n) is 5.78. The first-order valence-electron chi connectivity index (χ1n) is 9.57. The lowest BCUT2D eigenvalue weighted by Crippen LogP contribution is -2.52. The van der Waals surface area contributed by atoms with Crippen molar-refractivity contribution in [3.8, 4) is 5.75 Å². The van der Waals surface area contributed by atoms with E-state index in [0.717, 1.165) is 5.56 Å². The molecular weight excluding hydrogens is 362 g/mol. The first kappa shape index (κ1) is 18.5. The van der Waals surface area contributed by atoms with E-state index >= 15 is 0 Å². The molecule has 8 nitrogen and oxygen atoms in total. The molecule has 3 aliphatic heterocycles. The summed E-state index contributed by atoms with van der Waals surface area (Å²) < 4.78 is 6.22. The summed E-state index contributed by atoms with van der Waals surface area (Å²) in [5.41, 5.74) is 1.12. The van der Waals surface area contributed by atoms with E-state index in [-0.39, 0.29) is 24.5 Å². The molecular formula is C20H23N3O5. The van der Waals surface area contributed by atoms with Crippen LogP contribution in [-0.4, -0.2) is 53.3 Å². The number of benzene rings is 1. The molecule has 4 amide bonds. The molecule has 1 spiro atoms. The lowest BCUT2D eigenvalue weighted by atomic mass is 9.82. The number of likely N-dealkylation sites (tertiary alicyclic amines) is 1. The number of urea groups is 1. The van der Waals surface area contributed by atoms with Crippen LogP contribution in [0.5, 0.6) is 5.75 Å². The Morgan fingerprint density at radius 1 is 1.25 bits per heavy atom. The lowest BCUT2D eigenvalue weighted by Gasteiger charge is -2.44. The smallest absolute Gasteiger partial charge is 0.322 e. The van der Waals surface area contributed by atoms with Crippen LogP contribution in [0.4, 0.5) is 4.79 Å². The van der Waals surface area contributed by atoms with Crippen molar-refractivity contribution < 1.29 is 23.9 Å². The fourth-order valence-corrected chi connectivity index (χ4v) is 4.14. The summed E-state index contributed by atoms with van der Waals surface area (Å²) in [4.78, 5) is 49.5. The van der Waals surface area contributed by atoms with Gasteiger partial charge in [0.05, 0.1) is 12.0 Å². The van der Waals surface area contributed by atoms with E-state index in [1.807, 2.05) is 25.1 Å². The Labute approximate surface area is 162 Å². The number of Topliss-reactive ketones (excluding diaryl/α,β-unsaturated/α-hetero) is 1. The number of aryl methyl sites for hydroxylation is 1. The van der Waals surface area contributed by atoms with Gasteiger partial charge in [-0.2, -0.15) is 0 Å². The van der Waals surface area contributed by atoms with Crippen molar-refractivity contribution in [2.24, 2.45) is 0 Å². The molecule has 3 aliphatic rings. The number of imide groups is 1. The molecule has 1 atom stereocenters. The Kier molecular flexibility index (Phi) is 4.56. The summed E-state index contributed by atoms with van der Waals surface area (Å²) in [6.07, 6.45) is 1.99. The minimum atomic E-state index is -0.646. The molecule has 2 fully saturated rings. The molecule has 8 heteroatoms. The van der Waals surface area contributed by atoms with Gasteiger partial charge in [0.25, 0.3) is 5.91 Å². The molecule has 2 saturated heterocycles. The van der Waals surface area contributed by atoms with Crippen LogP contribution in [0.25, 0.3) is 0 Å². The minimum Gasteiger partial charge on any atom is -0.486 e. The summed E-state index contributed by atoms with van der Waals surface area (Å²) in [6.45, 7) is 2.97. The van der Waals surface area contributed by atoms with Crippen LogP contribution in [-0.2, 0) is 9.59 Å². The third-order valence-corrected chi connectivity index (χ3v) is 5.78. The van der Waals surface area contributed by atoms with Crippen molar-refractivity contribution in [2.45, 2.75) is 50.7 Å². The summed E-state index contributed by atoms with van der Waals surface area (Å²) in [7, 11) is 0. The summed E-state index contributed by atoms with van der Waals surface area (Å²) in [5.74, 6) is 0.276. The van der Waals surface area contributed by atoms with Crippen LogP contribution in [0.3, 0.4) is 0 Å². The second-order valence-electron chi connectivity index (χ2n) is 7.82. The maximum Gasteiger partial charge on any atom is 0.322 e. The van der Waals surface area contributed by atoms with Gasteiger partial charge in [0, 0.05) is 32.4 Å². The summed E-state index contributed by atoms with van der Waals surface area (Å²) in [6, 6.07) is 4.48. The molecule has 0 aromatic heterocycles. The van der Waals surface area contributed by atoms with Gasteiger partial charge >= 0.3 is 6.03 Å². The number of hydrogen-bond donors (Lipinski definition) is 2. The molecule has 1 aromatic carbocycles. The van der Waals surface area contributed by atoms with Gasteiger partial charge in [-0.25, -0.2) is 4.79 Å². The van der Waals surface area contributed by atoms with Crippen LogP contribution >= 0.6 is 0 Å². The van der Waals surface area contributed by atoms with E-state index in [1.54, 1.807) is 4.90 Å². The highest BCUT2D eigenvalue weighted by atomic mass is 16.5. The minimum absolute atomic E-state index is 0.0537. The van der Waals surface area contributed by atoms with Gasteiger partial charge in [-0.3, -0.25) is 19.7 Å². The van der Waals surface area contributed by atoms with E-state index in [9.17, 15) is 19.2 Å². The fourth-order valence-electron chi connectivity index (χ4n) is 4.14. The van der Waals surface area contributed by atoms with Crippen molar-refractivity contribution in [3.63, 3.8) is 0 Å². The fraction of sp³-hybridized carbons (Fsp3) is 0.500. The number of ketones is 1. The maximum absolute atomic E-state index is 12.6. The van der Waals surface area contributed by atoms with Crippen molar-refractivity contribution in [3.05, 3.63) is 29.3 Å². The highest BCUT2D eigenvalue weighted by Crippen LogP contribution is 2.39. The number of fused-ring (bicyclic) bond motifs is 1. The summed E-state index contributed by atoms with van der Waals surface area (Å²) in [5, 5.41) is 4.66. The van der Waals surface area contributed by atoms with Crippen LogP contribution in [0.2, 0.25) is 0 Å². The van der Waals surface area contributed by atoms with Gasteiger partial charge in [0.2, 0.25) is 5.91 Å². The molecule has 0 saturated carbocycles. The standard InChI is InChI=1S/C20H23N3O5/c1-12-2-4-16-13(10-12)15(24)11-20(28-16)6-8-23(9-7-20)17(25)5-3-14-18(26)22-19(27)21-14/h2,4,10,14H,3,5-9,11H2,1H3,(H2,21,22,26,27)/t14-/m0/s1. The highest BCUT2D eigenvalue weighted by molar-refractivity contribution is 6.04. The SMILES string of the molecule is Cc1ccc2c(c1)C(=O)CC1(CCN(C(=O)CC[C@@H]3NC(=O)NC3=O)CC1)O2. The molecule has 4 rings (SSSR count). The number of carbonyl (C=O) groups excluding carboxylic acids is 4. The predicted molar refractivity (Wildman–Crippen MR) is 99.0 cm³/mol. The molecule has 148 valence electrons. The average Bonchev–Trinajstić information content (AvgIpc) is 2.98. The molecule has 0 unspecified atom stereocenters. The Hall–Kier alpha value is -2.90. The van der Waals surface area contributed by atoms with Gasteiger partial charge in [-0.1, -0.05) is 11.6 Å². The summed E-state index contributed by atoms with van der Waals surface area (Å²) >= 11 is 0. The van der Waals surface area contributed by atoms with E-state index in [4.69, 9.17) is 4.74 Å². The van der Waals surface area contributed by atoms with Gasteiger partial charge in [0.1, 0.15) is 17.4 Å². The number of rotatable bonds is 3. The average molecular weight is 385 g/mol. The monoisotopic (exact) mass is 385 g/mol. The van der Waals surface area contributed by atoms with Gasteiger partial charge in [-0.05, 0) is 25.5 Å². The normalized spacial score (nSPS) is 23.1. The number of nitrogens with one attached hydrogen (secondary N) is 2. The van der Waals surface area contributed by atoms with Crippen molar-refractivity contribution in [2.75, 3.05) is 13.1 Å². The van der Waals surface area contributed by atoms with E-state index < -0.39 is 23.6 Å². The third kappa shape index (κ3) is 3.46. The number of ether oxygens (including phenoxy) is 1. The van der Waals surface area contributed by atoms with Crippen molar-refractivity contribution in [1.29, 1.82) is 0 Å². The number of piperidine rings is 1. The topological polar surface area (TPSA) is 105 Å². The number of hydrogen-bond acceptors (Lipinski definition) is 5. The quantitative estimate of drug-likeness (QED) is 0.764. The van der Waals surface area contributed by atoms with Gasteiger partial charge in [-0.15, -0.1) is 0 Å². The number of carbonyl (C=O) groups is 4. The zero-order valence-corrected chi connectivity index (χ0v) is 15.7. The second kappa shape index (κ2) is 6.92. The lowest BCUT2D eigenvalue weighted by molar-refractivity contribution is -0.135. The molecule has 0 aliphatic carbocycles. The first-order valence-corrected chi connectivity index (χ1v) is 9.57. The molecule has 3 heterocycles. The Morgan fingerprint density at radius 3 is 2.68 bits per heavy atom. The zero-order chi connectivity index (χ0) is 19.9. The van der Waals surface area contributed by atoms with Crippen molar-refractivity contribution >= 4 is 23.6 Å². The van der Waals surface area contributed by atoms with Crippen LogP contribution in [0.15, 0.2) is 18.2 Å². The van der Waals surface area contributed by atoms with Crippen LogP contribution < -0.4 is 15.4 Å². The molecule has 1 aromatic rings.